The molecule has 2 N–H and O–H groups in total. The van der Waals surface area contributed by atoms with Crippen LogP contribution in [0.5, 0.6) is 5.75 Å². The molecule has 0 saturated carbocycles. The van der Waals surface area contributed by atoms with Crippen LogP contribution in [-0.2, 0) is 16.3 Å². The van der Waals surface area contributed by atoms with Gasteiger partial charge in [0.15, 0.2) is 9.84 Å². The van der Waals surface area contributed by atoms with E-state index in [1.54, 1.807) is 13.0 Å². The van der Waals surface area contributed by atoms with Gasteiger partial charge < -0.3 is 10.5 Å². The van der Waals surface area contributed by atoms with Gasteiger partial charge >= 0.3 is 0 Å². The van der Waals surface area contributed by atoms with Crippen molar-refractivity contribution in [1.82, 2.24) is 0 Å². The number of ether oxygens (including phenoxy) is 1. The minimum absolute atomic E-state index is 0.0295. The van der Waals surface area contributed by atoms with Crippen LogP contribution in [-0.4, -0.2) is 33.1 Å². The van der Waals surface area contributed by atoms with Gasteiger partial charge in [-0.05, 0) is 30.7 Å². The molecule has 6 heteroatoms. The Hall–Kier alpha value is -1.14. The molecule has 0 unspecified atom stereocenters. The highest BCUT2D eigenvalue weighted by molar-refractivity contribution is 7.91. The molecule has 0 bridgehead atoms. The summed E-state index contributed by atoms with van der Waals surface area (Å²) in [7, 11) is -3.06. The van der Waals surface area contributed by atoms with E-state index >= 15 is 0 Å². The first kappa shape index (κ1) is 14.9. The molecule has 0 aromatic heterocycles. The fraction of sp³-hybridized carbons (Fsp3) is 0.500. The van der Waals surface area contributed by atoms with Gasteiger partial charge in [0, 0.05) is 11.8 Å². The van der Waals surface area contributed by atoms with E-state index in [4.69, 9.17) is 10.5 Å². The van der Waals surface area contributed by atoms with E-state index < -0.39 is 15.7 Å². The van der Waals surface area contributed by atoms with Crippen molar-refractivity contribution >= 4 is 9.84 Å². The zero-order valence-corrected chi connectivity index (χ0v) is 11.2. The van der Waals surface area contributed by atoms with Crippen molar-refractivity contribution in [1.29, 1.82) is 0 Å². The first-order chi connectivity index (χ1) is 8.46. The number of hydrogen-bond donors (Lipinski definition) is 1. The van der Waals surface area contributed by atoms with Crippen molar-refractivity contribution in [2.75, 3.05) is 24.7 Å². The van der Waals surface area contributed by atoms with Gasteiger partial charge in [0.1, 0.15) is 18.2 Å². The maximum absolute atomic E-state index is 13.2. The van der Waals surface area contributed by atoms with Crippen LogP contribution in [0.2, 0.25) is 0 Å². The summed E-state index contributed by atoms with van der Waals surface area (Å²) >= 11 is 0. The number of benzene rings is 1. The molecule has 0 aliphatic carbocycles. The molecular weight excluding hydrogens is 257 g/mol. The van der Waals surface area contributed by atoms with Gasteiger partial charge in [-0.15, -0.1) is 0 Å². The van der Waals surface area contributed by atoms with E-state index in [0.717, 1.165) is 5.56 Å². The van der Waals surface area contributed by atoms with E-state index in [1.165, 1.54) is 12.1 Å². The molecule has 0 aliphatic rings. The summed E-state index contributed by atoms with van der Waals surface area (Å²) in [5.41, 5.74) is 6.13. The van der Waals surface area contributed by atoms with Crippen molar-refractivity contribution in [3.05, 3.63) is 29.6 Å². The lowest BCUT2D eigenvalue weighted by Crippen LogP contribution is -2.15. The van der Waals surface area contributed by atoms with Gasteiger partial charge in [0.05, 0.1) is 5.75 Å². The lowest BCUT2D eigenvalue weighted by molar-refractivity contribution is 0.338. The second-order valence-electron chi connectivity index (χ2n) is 3.92. The average Bonchev–Trinajstić information content (AvgIpc) is 2.28. The van der Waals surface area contributed by atoms with Gasteiger partial charge in [-0.3, -0.25) is 0 Å². The van der Waals surface area contributed by atoms with Crippen LogP contribution in [0.3, 0.4) is 0 Å². The molecule has 1 aromatic rings. The maximum atomic E-state index is 13.2. The first-order valence-electron chi connectivity index (χ1n) is 5.79. The summed E-state index contributed by atoms with van der Waals surface area (Å²) in [4.78, 5) is 0. The summed E-state index contributed by atoms with van der Waals surface area (Å²) < 4.78 is 41.0. The average molecular weight is 275 g/mol. The minimum atomic E-state index is -3.06. The van der Waals surface area contributed by atoms with Crippen molar-refractivity contribution < 1.29 is 17.5 Å². The Morgan fingerprint density at radius 1 is 1.33 bits per heavy atom. The first-order valence-corrected chi connectivity index (χ1v) is 7.61. The van der Waals surface area contributed by atoms with Crippen LogP contribution in [0.25, 0.3) is 0 Å². The fourth-order valence-electron chi connectivity index (χ4n) is 1.45. The summed E-state index contributed by atoms with van der Waals surface area (Å²) in [5, 5.41) is 0. The molecule has 0 radical (unpaired) electrons. The molecule has 0 heterocycles. The molecule has 0 atom stereocenters. The molecule has 1 rings (SSSR count). The van der Waals surface area contributed by atoms with E-state index in [0.29, 0.717) is 18.7 Å². The quantitative estimate of drug-likeness (QED) is 0.810. The van der Waals surface area contributed by atoms with Crippen molar-refractivity contribution in [2.45, 2.75) is 13.3 Å². The Bertz CT molecular complexity index is 488. The van der Waals surface area contributed by atoms with E-state index in [2.05, 4.69) is 0 Å². The monoisotopic (exact) mass is 275 g/mol. The highest BCUT2D eigenvalue weighted by Crippen LogP contribution is 2.16. The predicted molar refractivity (Wildman–Crippen MR) is 69.0 cm³/mol. The molecule has 102 valence electrons. The summed E-state index contributed by atoms with van der Waals surface area (Å²) in [6, 6.07) is 4.30. The normalized spacial score (nSPS) is 11.5. The zero-order chi connectivity index (χ0) is 13.6. The SMILES string of the molecule is CCS(=O)(=O)CCOc1cc(F)cc(CCN)c1. The second-order valence-corrected chi connectivity index (χ2v) is 6.39. The summed E-state index contributed by atoms with van der Waals surface area (Å²) in [6.07, 6.45) is 0.557. The zero-order valence-electron chi connectivity index (χ0n) is 10.4. The third-order valence-electron chi connectivity index (χ3n) is 2.47. The maximum Gasteiger partial charge on any atom is 0.153 e. The lowest BCUT2D eigenvalue weighted by atomic mass is 10.1. The van der Waals surface area contributed by atoms with Gasteiger partial charge in [-0.25, -0.2) is 12.8 Å². The van der Waals surface area contributed by atoms with Crippen LogP contribution in [0.1, 0.15) is 12.5 Å². The van der Waals surface area contributed by atoms with Crippen LogP contribution in [0.4, 0.5) is 4.39 Å². The molecule has 0 spiro atoms. The van der Waals surface area contributed by atoms with Gasteiger partial charge in [-0.2, -0.15) is 0 Å². The number of hydrogen-bond acceptors (Lipinski definition) is 4. The number of sulfone groups is 1. The topological polar surface area (TPSA) is 69.4 Å². The van der Waals surface area contributed by atoms with Crippen molar-refractivity contribution in [3.8, 4) is 5.75 Å². The largest absolute Gasteiger partial charge is 0.492 e. The van der Waals surface area contributed by atoms with Gasteiger partial charge in [0.2, 0.25) is 0 Å². The Morgan fingerprint density at radius 2 is 2.06 bits per heavy atom. The Kier molecular flexibility index (Phi) is 5.55. The molecule has 0 fully saturated rings. The Balaban J connectivity index is 2.62. The van der Waals surface area contributed by atoms with E-state index in [1.807, 2.05) is 0 Å². The third kappa shape index (κ3) is 5.01. The smallest absolute Gasteiger partial charge is 0.153 e. The van der Waals surface area contributed by atoms with Gasteiger partial charge in [0.25, 0.3) is 0 Å². The summed E-state index contributed by atoms with van der Waals surface area (Å²) in [6.45, 7) is 2.03. The van der Waals surface area contributed by atoms with Gasteiger partial charge in [-0.1, -0.05) is 6.92 Å². The van der Waals surface area contributed by atoms with Crippen LogP contribution in [0, 0.1) is 5.82 Å². The second kappa shape index (κ2) is 6.70. The third-order valence-corrected chi connectivity index (χ3v) is 4.14. The minimum Gasteiger partial charge on any atom is -0.492 e. The van der Waals surface area contributed by atoms with E-state index in [9.17, 15) is 12.8 Å². The molecule has 18 heavy (non-hydrogen) atoms. The predicted octanol–water partition coefficient (Wildman–Crippen LogP) is 1.14. The molecular formula is C12H18FNO3S. The number of halogens is 1. The van der Waals surface area contributed by atoms with Crippen molar-refractivity contribution in [3.63, 3.8) is 0 Å². The molecule has 0 saturated heterocycles. The Morgan fingerprint density at radius 3 is 2.67 bits per heavy atom. The molecule has 0 amide bonds. The van der Waals surface area contributed by atoms with E-state index in [-0.39, 0.29) is 18.1 Å². The van der Waals surface area contributed by atoms with Crippen LogP contribution < -0.4 is 10.5 Å². The highest BCUT2D eigenvalue weighted by Gasteiger charge is 2.08. The van der Waals surface area contributed by atoms with Crippen molar-refractivity contribution in [2.24, 2.45) is 5.73 Å². The Labute approximate surface area is 107 Å². The number of rotatable bonds is 7. The standard InChI is InChI=1S/C12H18FNO3S/c1-2-18(15,16)6-5-17-12-8-10(3-4-14)7-11(13)9-12/h7-9H,2-6,14H2,1H3. The molecule has 4 nitrogen and oxygen atoms in total. The van der Waals surface area contributed by atoms with Crippen LogP contribution in [0.15, 0.2) is 18.2 Å². The lowest BCUT2D eigenvalue weighted by Gasteiger charge is -2.08. The number of nitrogens with two attached hydrogens (primary N) is 1. The molecule has 1 aromatic carbocycles. The highest BCUT2D eigenvalue weighted by atomic mass is 32.2. The fourth-order valence-corrected chi connectivity index (χ4v) is 2.07. The van der Waals surface area contributed by atoms with Crippen LogP contribution >= 0.6 is 0 Å². The summed E-state index contributed by atoms with van der Waals surface area (Å²) in [5.74, 6) is -0.0523. The molecule has 0 aliphatic heterocycles.